The lowest BCUT2D eigenvalue weighted by atomic mass is 10.1. The Bertz CT molecular complexity index is 705. The number of nitrogens with zero attached hydrogens (tertiary/aromatic N) is 1. The molecule has 0 aliphatic carbocycles. The number of aromatic nitrogens is 1. The molecule has 1 aromatic heterocycles. The highest BCUT2D eigenvalue weighted by atomic mass is 32.1. The quantitative estimate of drug-likeness (QED) is 0.604. The molecule has 0 aliphatic rings. The second-order valence-corrected chi connectivity index (χ2v) is 5.98. The maximum atomic E-state index is 11.7. The minimum atomic E-state index is -0.964. The first-order chi connectivity index (χ1) is 11.0. The Morgan fingerprint density at radius 2 is 2.04 bits per heavy atom. The third kappa shape index (κ3) is 5.67. The van der Waals surface area contributed by atoms with Crippen molar-refractivity contribution in [3.05, 3.63) is 57.6 Å². The summed E-state index contributed by atoms with van der Waals surface area (Å²) in [5, 5.41) is 14.7. The van der Waals surface area contributed by atoms with Crippen molar-refractivity contribution in [1.82, 2.24) is 10.3 Å². The van der Waals surface area contributed by atoms with E-state index in [9.17, 15) is 9.59 Å². The lowest BCUT2D eigenvalue weighted by Gasteiger charge is -2.01. The predicted molar refractivity (Wildman–Crippen MR) is 90.6 cm³/mol. The van der Waals surface area contributed by atoms with Crippen molar-refractivity contribution in [1.29, 1.82) is 0 Å². The molecule has 0 atom stereocenters. The zero-order chi connectivity index (χ0) is 16.7. The third-order valence-corrected chi connectivity index (χ3v) is 4.14. The molecule has 1 aromatic carbocycles. The van der Waals surface area contributed by atoms with E-state index in [4.69, 9.17) is 5.11 Å². The largest absolute Gasteiger partial charge is 0.478 e. The number of aromatic carboxylic acids is 1. The van der Waals surface area contributed by atoms with Gasteiger partial charge in [0.1, 0.15) is 0 Å². The van der Waals surface area contributed by atoms with Crippen LogP contribution >= 0.6 is 11.3 Å². The first kappa shape index (κ1) is 16.9. The number of carbonyl (C=O) groups excluding carboxylic acids is 1. The Balaban J connectivity index is 1.72. The van der Waals surface area contributed by atoms with E-state index in [2.05, 4.69) is 10.3 Å². The van der Waals surface area contributed by atoms with Crippen molar-refractivity contribution >= 4 is 29.3 Å². The lowest BCUT2D eigenvalue weighted by Crippen LogP contribution is -2.22. The molecule has 23 heavy (non-hydrogen) atoms. The fourth-order valence-corrected chi connectivity index (χ4v) is 2.75. The van der Waals surface area contributed by atoms with Crippen LogP contribution in [-0.2, 0) is 11.2 Å². The average Bonchev–Trinajstić information content (AvgIpc) is 2.95. The number of hydrogen-bond acceptors (Lipinski definition) is 4. The van der Waals surface area contributed by atoms with Crippen LogP contribution in [-0.4, -0.2) is 28.5 Å². The summed E-state index contributed by atoms with van der Waals surface area (Å²) in [6.45, 7) is 2.56. The van der Waals surface area contributed by atoms with Gasteiger partial charge in [-0.1, -0.05) is 12.1 Å². The molecule has 0 fully saturated rings. The zero-order valence-electron chi connectivity index (χ0n) is 12.8. The maximum Gasteiger partial charge on any atom is 0.335 e. The third-order valence-electron chi connectivity index (χ3n) is 3.12. The van der Waals surface area contributed by atoms with Gasteiger partial charge in [0.25, 0.3) is 0 Å². The van der Waals surface area contributed by atoms with Crippen molar-refractivity contribution in [3.63, 3.8) is 0 Å². The highest BCUT2D eigenvalue weighted by molar-refractivity contribution is 7.09. The van der Waals surface area contributed by atoms with E-state index in [0.29, 0.717) is 6.54 Å². The number of amides is 1. The van der Waals surface area contributed by atoms with Gasteiger partial charge in [-0.2, -0.15) is 0 Å². The normalized spacial score (nSPS) is 10.8. The molecule has 1 amide bonds. The van der Waals surface area contributed by atoms with Crippen LogP contribution in [0.5, 0.6) is 0 Å². The van der Waals surface area contributed by atoms with E-state index in [0.717, 1.165) is 29.1 Å². The Morgan fingerprint density at radius 1 is 1.30 bits per heavy atom. The van der Waals surface area contributed by atoms with E-state index in [1.165, 1.54) is 18.2 Å². The van der Waals surface area contributed by atoms with Crippen molar-refractivity contribution in [2.24, 2.45) is 0 Å². The molecule has 0 spiro atoms. The molecule has 6 heteroatoms. The zero-order valence-corrected chi connectivity index (χ0v) is 13.6. The minimum absolute atomic E-state index is 0.164. The van der Waals surface area contributed by atoms with E-state index in [-0.39, 0.29) is 11.5 Å². The summed E-state index contributed by atoms with van der Waals surface area (Å²) in [7, 11) is 0. The van der Waals surface area contributed by atoms with Gasteiger partial charge in [0.15, 0.2) is 0 Å². The number of carboxylic acid groups (broad SMARTS) is 1. The van der Waals surface area contributed by atoms with Gasteiger partial charge in [0.2, 0.25) is 5.91 Å². The number of carboxylic acids is 1. The van der Waals surface area contributed by atoms with Crippen LogP contribution in [0, 0.1) is 6.92 Å². The SMILES string of the molecule is Cc1csc(CCCNC(=O)/C=C/c2ccc(C(=O)O)cc2)n1. The molecular formula is C17H18N2O3S. The Hall–Kier alpha value is -2.47. The standard InChI is InChI=1S/C17H18N2O3S/c1-12-11-23-16(19-12)3-2-10-18-15(20)9-6-13-4-7-14(8-5-13)17(21)22/h4-9,11H,2-3,10H2,1H3,(H,18,20)(H,21,22)/b9-6+. The number of hydrogen-bond donors (Lipinski definition) is 2. The number of carbonyl (C=O) groups is 2. The van der Waals surface area contributed by atoms with Crippen LogP contribution in [0.25, 0.3) is 6.08 Å². The first-order valence-electron chi connectivity index (χ1n) is 7.25. The molecule has 2 rings (SSSR count). The van der Waals surface area contributed by atoms with Crippen molar-refractivity contribution < 1.29 is 14.7 Å². The van der Waals surface area contributed by atoms with Crippen LogP contribution in [0.15, 0.2) is 35.7 Å². The van der Waals surface area contributed by atoms with E-state index in [1.807, 2.05) is 12.3 Å². The molecule has 0 unspecified atom stereocenters. The Kier molecular flexibility index (Phi) is 6.05. The van der Waals surface area contributed by atoms with Gasteiger partial charge in [-0.05, 0) is 37.1 Å². The van der Waals surface area contributed by atoms with E-state index >= 15 is 0 Å². The molecule has 0 bridgehead atoms. The summed E-state index contributed by atoms with van der Waals surface area (Å²) in [5.41, 5.74) is 2.04. The van der Waals surface area contributed by atoms with Crippen LogP contribution in [0.4, 0.5) is 0 Å². The van der Waals surface area contributed by atoms with Gasteiger partial charge in [-0.3, -0.25) is 4.79 Å². The summed E-state index contributed by atoms with van der Waals surface area (Å²) in [6.07, 6.45) is 4.81. The van der Waals surface area contributed by atoms with Gasteiger partial charge < -0.3 is 10.4 Å². The van der Waals surface area contributed by atoms with Crippen LogP contribution in [0.1, 0.15) is 33.0 Å². The smallest absolute Gasteiger partial charge is 0.335 e. The molecule has 1 heterocycles. The fraction of sp³-hybridized carbons (Fsp3) is 0.235. The maximum absolute atomic E-state index is 11.7. The molecule has 120 valence electrons. The second-order valence-electron chi connectivity index (χ2n) is 5.04. The monoisotopic (exact) mass is 330 g/mol. The van der Waals surface area contributed by atoms with Crippen molar-refractivity contribution in [2.45, 2.75) is 19.8 Å². The fourth-order valence-electron chi connectivity index (χ4n) is 1.94. The van der Waals surface area contributed by atoms with E-state index < -0.39 is 5.97 Å². The van der Waals surface area contributed by atoms with Gasteiger partial charge in [0, 0.05) is 30.1 Å². The van der Waals surface area contributed by atoms with Gasteiger partial charge in [-0.15, -0.1) is 11.3 Å². The first-order valence-corrected chi connectivity index (χ1v) is 8.13. The highest BCUT2D eigenvalue weighted by Gasteiger charge is 2.01. The van der Waals surface area contributed by atoms with Crippen molar-refractivity contribution in [3.8, 4) is 0 Å². The Labute approximate surface area is 138 Å². The minimum Gasteiger partial charge on any atom is -0.478 e. The molecule has 5 nitrogen and oxygen atoms in total. The summed E-state index contributed by atoms with van der Waals surface area (Å²) >= 11 is 1.64. The molecule has 2 N–H and O–H groups in total. The lowest BCUT2D eigenvalue weighted by molar-refractivity contribution is -0.116. The average molecular weight is 330 g/mol. The molecule has 0 saturated carbocycles. The molecule has 0 radical (unpaired) electrons. The molecular weight excluding hydrogens is 312 g/mol. The van der Waals surface area contributed by atoms with Gasteiger partial charge in [-0.25, -0.2) is 9.78 Å². The predicted octanol–water partition coefficient (Wildman–Crippen LogP) is 2.91. The second kappa shape index (κ2) is 8.24. The molecule has 0 saturated heterocycles. The van der Waals surface area contributed by atoms with Crippen LogP contribution < -0.4 is 5.32 Å². The summed E-state index contributed by atoms with van der Waals surface area (Å²) in [6, 6.07) is 6.35. The summed E-state index contributed by atoms with van der Waals surface area (Å²) in [5.74, 6) is -1.13. The van der Waals surface area contributed by atoms with Crippen molar-refractivity contribution in [2.75, 3.05) is 6.54 Å². The van der Waals surface area contributed by atoms with Crippen LogP contribution in [0.3, 0.4) is 0 Å². The highest BCUT2D eigenvalue weighted by Crippen LogP contribution is 2.10. The number of thiazole rings is 1. The number of rotatable bonds is 7. The number of benzene rings is 1. The molecule has 0 aliphatic heterocycles. The van der Waals surface area contributed by atoms with E-state index in [1.54, 1.807) is 29.5 Å². The summed E-state index contributed by atoms with van der Waals surface area (Å²) < 4.78 is 0. The topological polar surface area (TPSA) is 79.3 Å². The number of nitrogens with one attached hydrogen (secondary N) is 1. The van der Waals surface area contributed by atoms with Crippen LogP contribution in [0.2, 0.25) is 0 Å². The van der Waals surface area contributed by atoms with Gasteiger partial charge >= 0.3 is 5.97 Å². The number of aryl methyl sites for hydroxylation is 2. The molecule has 2 aromatic rings. The Morgan fingerprint density at radius 3 is 2.65 bits per heavy atom. The van der Waals surface area contributed by atoms with Gasteiger partial charge in [0.05, 0.1) is 10.6 Å². The summed E-state index contributed by atoms with van der Waals surface area (Å²) in [4.78, 5) is 26.8.